The van der Waals surface area contributed by atoms with Gasteiger partial charge in [0.25, 0.3) is 20.2 Å². The molecule has 6 N–H and O–H groups in total. The number of benzene rings is 2. The van der Waals surface area contributed by atoms with Gasteiger partial charge in [-0.2, -0.15) is 16.8 Å². The van der Waals surface area contributed by atoms with Crippen LogP contribution in [-0.4, -0.2) is 70.2 Å². The van der Waals surface area contributed by atoms with E-state index in [9.17, 15) is 36.0 Å². The van der Waals surface area contributed by atoms with E-state index in [2.05, 4.69) is 0 Å². The largest absolute Gasteiger partial charge is 1.00 e. The van der Waals surface area contributed by atoms with Crippen LogP contribution in [0.2, 0.25) is 0 Å². The van der Waals surface area contributed by atoms with Crippen molar-refractivity contribution in [3.8, 4) is 0 Å². The molecule has 0 saturated carbocycles. The summed E-state index contributed by atoms with van der Waals surface area (Å²) in [4.78, 5) is 40.6. The predicted octanol–water partition coefficient (Wildman–Crippen LogP) is -5.11. The Hall–Kier alpha value is -1.22. The first-order valence-electron chi connectivity index (χ1n) is 7.62. The van der Waals surface area contributed by atoms with E-state index in [-0.39, 0.29) is 83.8 Å². The molecule has 0 unspecified atom stereocenters. The summed E-state index contributed by atoms with van der Waals surface area (Å²) in [7, 11) is -9.42. The van der Waals surface area contributed by atoms with E-state index in [1.54, 1.807) is 0 Å². The van der Waals surface area contributed by atoms with Crippen LogP contribution in [0, 0.1) is 0 Å². The van der Waals surface area contributed by atoms with Gasteiger partial charge in [0, 0.05) is 0 Å². The van der Waals surface area contributed by atoms with Gasteiger partial charge in [0.05, 0.1) is 27.1 Å². The molecule has 0 heterocycles. The quantitative estimate of drug-likeness (QED) is 0.144. The molecular weight excluding hydrogens is 542 g/mol. The van der Waals surface area contributed by atoms with Crippen molar-refractivity contribution in [1.29, 1.82) is 0 Å². The number of aromatic carboxylic acids is 4. The maximum absolute atomic E-state index is 10.8. The first kappa shape index (κ1) is 34.9. The Kier molecular flexibility index (Phi) is 14.1. The number of rotatable bonds is 6. The third-order valence-electron chi connectivity index (χ3n) is 3.44. The standard InChI is InChI=1S/2C8H6O7S.K.Na.2H/c9-7(10)4-1-5(8(11)12)3-6(2-4)16(13,14)15;9-7(10)4-1-2-5(8(11)12)6(3-4)16(13,14)15;;;;/h2*1-3H,(H,9,10)(H,11,12)(H,13,14,15);;;;/q;;2*+1;2*-1. The first-order chi connectivity index (χ1) is 14.4. The third kappa shape index (κ3) is 10.2. The van der Waals surface area contributed by atoms with Gasteiger partial charge in [0.2, 0.25) is 0 Å². The molecule has 2 rings (SSSR count). The molecule has 0 spiro atoms. The van der Waals surface area contributed by atoms with Crippen molar-refractivity contribution in [1.82, 2.24) is 0 Å². The minimum Gasteiger partial charge on any atom is -1.00 e. The van der Waals surface area contributed by atoms with Gasteiger partial charge in [0.15, 0.2) is 0 Å². The average molecular weight is 556 g/mol. The monoisotopic (exact) mass is 556 g/mol. The van der Waals surface area contributed by atoms with Gasteiger partial charge < -0.3 is 23.3 Å². The molecule has 0 aliphatic carbocycles. The smallest absolute Gasteiger partial charge is 1.00 e. The van der Waals surface area contributed by atoms with E-state index in [1.165, 1.54) is 0 Å². The van der Waals surface area contributed by atoms with Crippen molar-refractivity contribution in [2.45, 2.75) is 9.79 Å². The van der Waals surface area contributed by atoms with Crippen LogP contribution in [0.3, 0.4) is 0 Å². The van der Waals surface area contributed by atoms with Crippen LogP contribution in [0.25, 0.3) is 0 Å². The zero-order chi connectivity index (χ0) is 25.0. The zero-order valence-electron chi connectivity index (χ0n) is 19.2. The maximum Gasteiger partial charge on any atom is 1.00 e. The summed E-state index contributed by atoms with van der Waals surface area (Å²) < 4.78 is 60.6. The minimum atomic E-state index is -4.78. The molecule has 0 amide bonds. The van der Waals surface area contributed by atoms with E-state index in [0.717, 1.165) is 18.2 Å². The van der Waals surface area contributed by atoms with Gasteiger partial charge in [-0.25, -0.2) is 19.2 Å². The number of hydrogen-bond acceptors (Lipinski definition) is 8. The number of carboxylic acids is 4. The van der Waals surface area contributed by atoms with E-state index in [1.807, 2.05) is 0 Å². The molecule has 14 nitrogen and oxygen atoms in total. The van der Waals surface area contributed by atoms with Crippen molar-refractivity contribution in [2.24, 2.45) is 0 Å². The molecule has 0 aliphatic rings. The van der Waals surface area contributed by atoms with Crippen LogP contribution in [0.15, 0.2) is 46.2 Å². The van der Waals surface area contributed by atoms with Gasteiger partial charge in [-0.15, -0.1) is 0 Å². The molecule has 34 heavy (non-hydrogen) atoms. The summed E-state index contributed by atoms with van der Waals surface area (Å²) in [5.41, 5.74) is -2.19. The fraction of sp³-hybridized carbons (Fsp3) is 0. The summed E-state index contributed by atoms with van der Waals surface area (Å²) in [6.07, 6.45) is 0. The van der Waals surface area contributed by atoms with Gasteiger partial charge in [-0.3, -0.25) is 9.11 Å². The zero-order valence-corrected chi connectivity index (χ0v) is 24.0. The molecule has 0 fully saturated rings. The average Bonchev–Trinajstić information content (AvgIpc) is 2.66. The van der Waals surface area contributed by atoms with Gasteiger partial charge in [-0.05, 0) is 36.4 Å². The van der Waals surface area contributed by atoms with Gasteiger partial charge >= 0.3 is 105 Å². The number of carbonyl (C=O) groups is 4. The summed E-state index contributed by atoms with van der Waals surface area (Å²) in [5, 5.41) is 34.4. The molecule has 0 radical (unpaired) electrons. The van der Waals surface area contributed by atoms with Crippen LogP contribution in [0.4, 0.5) is 0 Å². The predicted molar refractivity (Wildman–Crippen MR) is 103 cm³/mol. The Morgan fingerprint density at radius 1 is 0.618 bits per heavy atom. The second-order valence-corrected chi connectivity index (χ2v) is 8.44. The van der Waals surface area contributed by atoms with E-state index in [0.29, 0.717) is 18.2 Å². The summed E-state index contributed by atoms with van der Waals surface area (Å²) in [6, 6.07) is 4.45. The van der Waals surface area contributed by atoms with Crippen molar-refractivity contribution < 1.29 is 149 Å². The fourth-order valence-corrected chi connectivity index (χ4v) is 3.30. The molecule has 0 saturated heterocycles. The van der Waals surface area contributed by atoms with Crippen molar-refractivity contribution in [2.75, 3.05) is 0 Å². The van der Waals surface area contributed by atoms with Crippen LogP contribution < -0.4 is 80.9 Å². The number of hydrogen-bond donors (Lipinski definition) is 6. The fourth-order valence-electron chi connectivity index (χ4n) is 2.04. The SMILES string of the molecule is O=C(O)c1cc(C(=O)O)cc(S(=O)(=O)O)c1.O=C(O)c1ccc(C(=O)O)c(S(=O)(=O)O)c1.[H-].[H-].[K+].[Na+]. The van der Waals surface area contributed by atoms with Gasteiger partial charge in [-0.1, -0.05) is 0 Å². The normalized spacial score (nSPS) is 10.4. The van der Waals surface area contributed by atoms with E-state index < -0.39 is 76.2 Å². The Morgan fingerprint density at radius 3 is 1.32 bits per heavy atom. The molecule has 0 aliphatic heterocycles. The van der Waals surface area contributed by atoms with E-state index >= 15 is 0 Å². The molecule has 2 aromatic rings. The molecule has 0 atom stereocenters. The summed E-state index contributed by atoms with van der Waals surface area (Å²) >= 11 is 0. The van der Waals surface area contributed by atoms with Crippen molar-refractivity contribution in [3.05, 3.63) is 58.7 Å². The molecule has 176 valence electrons. The molecular formula is C16H14KNaO14S2. The molecule has 0 bridgehead atoms. The van der Waals surface area contributed by atoms with Crippen molar-refractivity contribution in [3.63, 3.8) is 0 Å². The molecule has 2 aromatic carbocycles. The Balaban J connectivity index is -0.000000256. The second-order valence-electron chi connectivity index (χ2n) is 5.63. The van der Waals surface area contributed by atoms with Gasteiger partial charge in [0.1, 0.15) is 4.90 Å². The maximum atomic E-state index is 10.8. The Morgan fingerprint density at radius 2 is 1.03 bits per heavy atom. The Bertz CT molecular complexity index is 1310. The van der Waals surface area contributed by atoms with Crippen LogP contribution in [0.5, 0.6) is 0 Å². The van der Waals surface area contributed by atoms with Crippen LogP contribution in [0.1, 0.15) is 44.3 Å². The van der Waals surface area contributed by atoms with Crippen LogP contribution >= 0.6 is 0 Å². The molecule has 0 aromatic heterocycles. The first-order valence-corrected chi connectivity index (χ1v) is 10.5. The topological polar surface area (TPSA) is 258 Å². The van der Waals surface area contributed by atoms with Crippen molar-refractivity contribution >= 4 is 44.1 Å². The second kappa shape index (κ2) is 13.8. The van der Waals surface area contributed by atoms with Crippen LogP contribution in [-0.2, 0) is 20.2 Å². The third-order valence-corrected chi connectivity index (χ3v) is 5.16. The number of carboxylic acid groups (broad SMARTS) is 4. The summed E-state index contributed by atoms with van der Waals surface area (Å²) in [5.74, 6) is -5.99. The molecule has 18 heteroatoms. The Labute approximate surface area is 258 Å². The minimum absolute atomic E-state index is 0. The summed E-state index contributed by atoms with van der Waals surface area (Å²) in [6.45, 7) is 0. The van der Waals surface area contributed by atoms with E-state index in [4.69, 9.17) is 29.5 Å².